The Hall–Kier alpha value is -2.38. The predicted molar refractivity (Wildman–Crippen MR) is 101 cm³/mol. The number of ether oxygens (including phenoxy) is 1. The van der Waals surface area contributed by atoms with Crippen molar-refractivity contribution in [3.05, 3.63) is 47.7 Å². The standard InChI is InChI=1S/C20H27N3O4/c1-20(2,3)23-18(22-27-19(25)13-8-6-5-7-9-13)12-15(21-23)14-10-16(24)17(11-14)26-4/h5-9,12,14,16-17,22,24H,10-11H2,1-4H3/t14-,16+,17-/m1/s1. The van der Waals surface area contributed by atoms with E-state index in [1.165, 1.54) is 0 Å². The summed E-state index contributed by atoms with van der Waals surface area (Å²) < 4.78 is 7.14. The summed E-state index contributed by atoms with van der Waals surface area (Å²) in [5, 5.41) is 14.8. The van der Waals surface area contributed by atoms with Crippen molar-refractivity contribution in [2.24, 2.45) is 0 Å². The molecule has 1 saturated carbocycles. The minimum absolute atomic E-state index is 0.0962. The highest BCUT2D eigenvalue weighted by Gasteiger charge is 2.36. The van der Waals surface area contributed by atoms with Crippen LogP contribution in [-0.4, -0.2) is 40.2 Å². The van der Waals surface area contributed by atoms with E-state index in [4.69, 9.17) is 14.7 Å². The maximum atomic E-state index is 12.2. The molecule has 0 spiro atoms. The summed E-state index contributed by atoms with van der Waals surface area (Å²) in [6, 6.07) is 10.7. The molecule has 0 aliphatic heterocycles. The van der Waals surface area contributed by atoms with Crippen LogP contribution < -0.4 is 5.48 Å². The summed E-state index contributed by atoms with van der Waals surface area (Å²) in [6.45, 7) is 6.07. The number of nitrogens with zero attached hydrogens (tertiary/aromatic N) is 2. The first-order chi connectivity index (χ1) is 12.8. The molecule has 0 bridgehead atoms. The Morgan fingerprint density at radius 3 is 2.56 bits per heavy atom. The van der Waals surface area contributed by atoms with Crippen molar-refractivity contribution in [2.75, 3.05) is 12.6 Å². The van der Waals surface area contributed by atoms with Crippen LogP contribution in [0.3, 0.4) is 0 Å². The average Bonchev–Trinajstić information content (AvgIpc) is 3.23. The van der Waals surface area contributed by atoms with Crippen LogP contribution >= 0.6 is 0 Å². The molecule has 146 valence electrons. The molecule has 3 atom stereocenters. The molecule has 0 radical (unpaired) electrons. The van der Waals surface area contributed by atoms with Gasteiger partial charge in [0.1, 0.15) is 0 Å². The molecule has 1 aromatic carbocycles. The fourth-order valence-corrected chi connectivity index (χ4v) is 3.39. The zero-order chi connectivity index (χ0) is 19.6. The Morgan fingerprint density at radius 2 is 1.96 bits per heavy atom. The zero-order valence-corrected chi connectivity index (χ0v) is 16.2. The molecule has 0 saturated heterocycles. The number of methoxy groups -OCH3 is 1. The number of aliphatic hydroxyl groups is 1. The summed E-state index contributed by atoms with van der Waals surface area (Å²) in [5.74, 6) is 0.227. The highest BCUT2D eigenvalue weighted by molar-refractivity contribution is 5.89. The van der Waals surface area contributed by atoms with Gasteiger partial charge < -0.3 is 14.7 Å². The number of rotatable bonds is 5. The number of carbonyl (C=O) groups is 1. The van der Waals surface area contributed by atoms with Crippen molar-refractivity contribution in [3.63, 3.8) is 0 Å². The first kappa shape index (κ1) is 19.4. The number of hydrogen-bond donors (Lipinski definition) is 2. The maximum absolute atomic E-state index is 12.2. The molecular formula is C20H27N3O4. The first-order valence-corrected chi connectivity index (χ1v) is 9.13. The van der Waals surface area contributed by atoms with Crippen molar-refractivity contribution in [1.29, 1.82) is 0 Å². The van der Waals surface area contributed by atoms with Crippen LogP contribution in [0.25, 0.3) is 0 Å². The van der Waals surface area contributed by atoms with Gasteiger partial charge in [-0.25, -0.2) is 15.0 Å². The van der Waals surface area contributed by atoms with E-state index in [1.807, 2.05) is 32.9 Å². The van der Waals surface area contributed by atoms with Crippen molar-refractivity contribution >= 4 is 11.8 Å². The molecule has 7 nitrogen and oxygen atoms in total. The Balaban J connectivity index is 1.78. The second kappa shape index (κ2) is 7.70. The van der Waals surface area contributed by atoms with Crippen LogP contribution in [0.2, 0.25) is 0 Å². The van der Waals surface area contributed by atoms with Gasteiger partial charge in [0.25, 0.3) is 0 Å². The van der Waals surface area contributed by atoms with Gasteiger partial charge in [0, 0.05) is 19.1 Å². The van der Waals surface area contributed by atoms with Crippen LogP contribution in [0.4, 0.5) is 5.82 Å². The molecule has 7 heteroatoms. The number of nitrogens with one attached hydrogen (secondary N) is 1. The van der Waals surface area contributed by atoms with Crippen LogP contribution in [0.1, 0.15) is 55.6 Å². The number of hydrogen-bond acceptors (Lipinski definition) is 6. The van der Waals surface area contributed by atoms with Gasteiger partial charge in [-0.2, -0.15) is 5.10 Å². The van der Waals surface area contributed by atoms with E-state index in [9.17, 15) is 9.90 Å². The van der Waals surface area contributed by atoms with Crippen molar-refractivity contribution in [1.82, 2.24) is 9.78 Å². The third kappa shape index (κ3) is 4.31. The first-order valence-electron chi connectivity index (χ1n) is 9.13. The Morgan fingerprint density at radius 1 is 1.26 bits per heavy atom. The zero-order valence-electron chi connectivity index (χ0n) is 16.2. The average molecular weight is 373 g/mol. The summed E-state index contributed by atoms with van der Waals surface area (Å²) in [4.78, 5) is 17.5. The lowest BCUT2D eigenvalue weighted by Gasteiger charge is -2.22. The van der Waals surface area contributed by atoms with E-state index in [-0.39, 0.29) is 17.6 Å². The third-order valence-corrected chi connectivity index (χ3v) is 4.81. The molecule has 1 fully saturated rings. The van der Waals surface area contributed by atoms with E-state index < -0.39 is 12.1 Å². The normalized spacial score (nSPS) is 22.6. The molecule has 2 aromatic rings. The molecule has 1 aromatic heterocycles. The Kier molecular flexibility index (Phi) is 5.53. The monoisotopic (exact) mass is 373 g/mol. The van der Waals surface area contributed by atoms with Gasteiger partial charge in [-0.3, -0.25) is 0 Å². The van der Waals surface area contributed by atoms with E-state index in [0.717, 1.165) is 5.69 Å². The summed E-state index contributed by atoms with van der Waals surface area (Å²) >= 11 is 0. The molecule has 2 N–H and O–H groups in total. The summed E-state index contributed by atoms with van der Waals surface area (Å²) in [5.41, 5.74) is 3.76. The quantitative estimate of drug-likeness (QED) is 0.784. The Bertz CT molecular complexity index is 782. The van der Waals surface area contributed by atoms with Crippen LogP contribution in [-0.2, 0) is 15.1 Å². The van der Waals surface area contributed by atoms with E-state index in [1.54, 1.807) is 36.1 Å². The van der Waals surface area contributed by atoms with Gasteiger partial charge in [0.05, 0.1) is 29.0 Å². The Labute approximate surface area is 159 Å². The molecular weight excluding hydrogens is 346 g/mol. The van der Waals surface area contributed by atoms with E-state index in [2.05, 4.69) is 5.48 Å². The van der Waals surface area contributed by atoms with Gasteiger partial charge in [0.15, 0.2) is 5.82 Å². The van der Waals surface area contributed by atoms with Crippen LogP contribution in [0.15, 0.2) is 36.4 Å². The number of aliphatic hydroxyl groups excluding tert-OH is 1. The topological polar surface area (TPSA) is 85.6 Å². The van der Waals surface area contributed by atoms with Crippen LogP contribution in [0.5, 0.6) is 0 Å². The summed E-state index contributed by atoms with van der Waals surface area (Å²) in [6.07, 6.45) is 0.638. The van der Waals surface area contributed by atoms with Crippen molar-refractivity contribution in [3.8, 4) is 0 Å². The molecule has 0 amide bonds. The summed E-state index contributed by atoms with van der Waals surface area (Å²) in [7, 11) is 1.61. The van der Waals surface area contributed by atoms with Crippen molar-refractivity contribution in [2.45, 2.75) is 57.3 Å². The maximum Gasteiger partial charge on any atom is 0.362 e. The third-order valence-electron chi connectivity index (χ3n) is 4.81. The minimum atomic E-state index is -0.493. The molecule has 1 aliphatic rings. The minimum Gasteiger partial charge on any atom is -0.390 e. The molecule has 1 heterocycles. The largest absolute Gasteiger partial charge is 0.390 e. The van der Waals surface area contributed by atoms with Gasteiger partial charge in [-0.15, -0.1) is 0 Å². The second-order valence-corrected chi connectivity index (χ2v) is 7.90. The second-order valence-electron chi connectivity index (χ2n) is 7.90. The molecule has 1 aliphatic carbocycles. The number of carbonyl (C=O) groups excluding carboxylic acids is 1. The van der Waals surface area contributed by atoms with Gasteiger partial charge in [-0.1, -0.05) is 18.2 Å². The van der Waals surface area contributed by atoms with Gasteiger partial charge in [-0.05, 0) is 45.7 Å². The molecule has 3 rings (SSSR count). The number of anilines is 1. The number of benzene rings is 1. The lowest BCUT2D eigenvalue weighted by Crippen LogP contribution is -2.26. The van der Waals surface area contributed by atoms with Gasteiger partial charge >= 0.3 is 5.97 Å². The highest BCUT2D eigenvalue weighted by Crippen LogP contribution is 2.37. The fraction of sp³-hybridized carbons (Fsp3) is 0.500. The SMILES string of the molecule is CO[C@@H]1C[C@H](c2cc(NOC(=O)c3ccccc3)n(C(C)(C)C)n2)C[C@@H]1O. The van der Waals surface area contributed by atoms with E-state index in [0.29, 0.717) is 24.2 Å². The predicted octanol–water partition coefficient (Wildman–Crippen LogP) is 3.08. The van der Waals surface area contributed by atoms with Gasteiger partial charge in [0.2, 0.25) is 0 Å². The lowest BCUT2D eigenvalue weighted by atomic mass is 10.0. The smallest absolute Gasteiger partial charge is 0.362 e. The fourth-order valence-electron chi connectivity index (χ4n) is 3.39. The highest BCUT2D eigenvalue weighted by atomic mass is 16.7. The lowest BCUT2D eigenvalue weighted by molar-refractivity contribution is 0.00981. The molecule has 27 heavy (non-hydrogen) atoms. The number of aromatic nitrogens is 2. The van der Waals surface area contributed by atoms with E-state index >= 15 is 0 Å². The molecule has 0 unspecified atom stereocenters. The van der Waals surface area contributed by atoms with Crippen LogP contribution in [0, 0.1) is 0 Å². The van der Waals surface area contributed by atoms with Crippen molar-refractivity contribution < 1.29 is 19.5 Å².